The lowest BCUT2D eigenvalue weighted by Gasteiger charge is -2.37. The van der Waals surface area contributed by atoms with Gasteiger partial charge in [-0.15, -0.1) is 0 Å². The molecule has 1 aromatic carbocycles. The Morgan fingerprint density at radius 1 is 1.19 bits per heavy atom. The zero-order chi connectivity index (χ0) is 15.2. The molecule has 2 amide bonds. The molecule has 0 spiro atoms. The molecule has 1 aliphatic heterocycles. The monoisotopic (exact) mass is 307 g/mol. The largest absolute Gasteiger partial charge is 0.368 e. The summed E-state index contributed by atoms with van der Waals surface area (Å²) < 4.78 is 0. The molecule has 1 saturated heterocycles. The predicted octanol–water partition coefficient (Wildman–Crippen LogP) is 0.770. The molecular formula is C15H21N3O2S. The summed E-state index contributed by atoms with van der Waals surface area (Å²) in [7, 11) is 0. The summed E-state index contributed by atoms with van der Waals surface area (Å²) in [6.07, 6.45) is 0. The molecule has 1 atom stereocenters. The second-order valence-corrected chi connectivity index (χ2v) is 5.45. The maximum atomic E-state index is 12.4. The minimum absolute atomic E-state index is 0.0482. The number of hydrogen-bond acceptors (Lipinski definition) is 4. The van der Waals surface area contributed by atoms with Crippen molar-refractivity contribution in [1.29, 1.82) is 0 Å². The molecule has 1 heterocycles. The van der Waals surface area contributed by atoms with Gasteiger partial charge in [0.1, 0.15) is 6.04 Å². The molecule has 1 aromatic rings. The Kier molecular flexibility index (Phi) is 5.50. The van der Waals surface area contributed by atoms with Gasteiger partial charge in [-0.3, -0.25) is 9.59 Å². The first-order chi connectivity index (χ1) is 10.1. The summed E-state index contributed by atoms with van der Waals surface area (Å²) in [4.78, 5) is 27.5. The number of piperazine rings is 1. The lowest BCUT2D eigenvalue weighted by atomic mass is 10.2. The number of carbonyl (C=O) groups excluding carboxylic acids is 2. The van der Waals surface area contributed by atoms with E-state index in [1.807, 2.05) is 18.2 Å². The topological polar surface area (TPSA) is 52.7 Å². The van der Waals surface area contributed by atoms with Gasteiger partial charge in [0, 0.05) is 44.5 Å². The van der Waals surface area contributed by atoms with Gasteiger partial charge in [-0.05, 0) is 12.1 Å². The number of nitrogens with zero attached hydrogens (tertiary/aromatic N) is 2. The van der Waals surface area contributed by atoms with Gasteiger partial charge in [0.15, 0.2) is 0 Å². The molecular weight excluding hydrogens is 286 g/mol. The zero-order valence-electron chi connectivity index (χ0n) is 12.2. The van der Waals surface area contributed by atoms with Crippen molar-refractivity contribution < 1.29 is 9.59 Å². The second kappa shape index (κ2) is 7.36. The van der Waals surface area contributed by atoms with Gasteiger partial charge in [0.05, 0.1) is 0 Å². The van der Waals surface area contributed by atoms with Crippen LogP contribution in [0.5, 0.6) is 0 Å². The van der Waals surface area contributed by atoms with E-state index in [9.17, 15) is 9.59 Å². The van der Waals surface area contributed by atoms with Crippen LogP contribution in [-0.4, -0.2) is 54.7 Å². The van der Waals surface area contributed by atoms with Crippen molar-refractivity contribution in [2.75, 3.05) is 36.8 Å². The quantitative estimate of drug-likeness (QED) is 0.808. The number of carbonyl (C=O) groups is 2. The Balaban J connectivity index is 1.91. The summed E-state index contributed by atoms with van der Waals surface area (Å²) in [6, 6.07) is 9.64. The second-order valence-electron chi connectivity index (χ2n) is 5.08. The van der Waals surface area contributed by atoms with E-state index in [4.69, 9.17) is 0 Å². The Hall–Kier alpha value is -1.69. The van der Waals surface area contributed by atoms with Crippen LogP contribution in [0.4, 0.5) is 5.69 Å². The van der Waals surface area contributed by atoms with Crippen LogP contribution in [0, 0.1) is 0 Å². The van der Waals surface area contributed by atoms with Gasteiger partial charge in [-0.2, -0.15) is 12.6 Å². The van der Waals surface area contributed by atoms with Gasteiger partial charge in [-0.25, -0.2) is 0 Å². The summed E-state index contributed by atoms with van der Waals surface area (Å²) in [5, 5.41) is 2.65. The van der Waals surface area contributed by atoms with Crippen molar-refractivity contribution in [3.8, 4) is 0 Å². The minimum Gasteiger partial charge on any atom is -0.368 e. The van der Waals surface area contributed by atoms with E-state index in [0.29, 0.717) is 18.8 Å². The van der Waals surface area contributed by atoms with E-state index >= 15 is 0 Å². The van der Waals surface area contributed by atoms with Crippen molar-refractivity contribution in [3.63, 3.8) is 0 Å². The third-order valence-electron chi connectivity index (χ3n) is 3.57. The van der Waals surface area contributed by atoms with Crippen molar-refractivity contribution in [3.05, 3.63) is 30.3 Å². The Bertz CT molecular complexity index is 487. The molecule has 1 aliphatic rings. The Labute approximate surface area is 130 Å². The van der Waals surface area contributed by atoms with Gasteiger partial charge in [0.2, 0.25) is 11.8 Å². The molecule has 2 rings (SSSR count). The van der Waals surface area contributed by atoms with Crippen LogP contribution in [0.25, 0.3) is 0 Å². The van der Waals surface area contributed by atoms with Gasteiger partial charge < -0.3 is 15.1 Å². The molecule has 0 radical (unpaired) electrons. The zero-order valence-corrected chi connectivity index (χ0v) is 13.1. The van der Waals surface area contributed by atoms with Crippen LogP contribution >= 0.6 is 12.6 Å². The summed E-state index contributed by atoms with van der Waals surface area (Å²) >= 11 is 4.15. The molecule has 1 N–H and O–H groups in total. The first-order valence-electron chi connectivity index (χ1n) is 7.08. The molecule has 0 saturated carbocycles. The molecule has 0 aromatic heterocycles. The van der Waals surface area contributed by atoms with Crippen LogP contribution < -0.4 is 10.2 Å². The maximum absolute atomic E-state index is 12.4. The minimum atomic E-state index is -0.533. The number of anilines is 1. The van der Waals surface area contributed by atoms with Crippen LogP contribution in [0.15, 0.2) is 30.3 Å². The average molecular weight is 307 g/mol. The molecule has 21 heavy (non-hydrogen) atoms. The molecule has 1 fully saturated rings. The van der Waals surface area contributed by atoms with Gasteiger partial charge >= 0.3 is 0 Å². The van der Waals surface area contributed by atoms with E-state index < -0.39 is 6.04 Å². The highest BCUT2D eigenvalue weighted by Gasteiger charge is 2.27. The molecule has 6 heteroatoms. The SMILES string of the molecule is CC(=O)NC(CS)C(=O)N1CCN(c2ccccc2)CC1. The number of para-hydroxylation sites is 1. The Morgan fingerprint density at radius 2 is 1.81 bits per heavy atom. The molecule has 5 nitrogen and oxygen atoms in total. The molecule has 114 valence electrons. The van der Waals surface area contributed by atoms with Crippen molar-refractivity contribution in [1.82, 2.24) is 10.2 Å². The van der Waals surface area contributed by atoms with E-state index in [1.165, 1.54) is 12.6 Å². The van der Waals surface area contributed by atoms with Crippen molar-refractivity contribution in [2.45, 2.75) is 13.0 Å². The smallest absolute Gasteiger partial charge is 0.246 e. The fourth-order valence-electron chi connectivity index (χ4n) is 2.48. The number of benzene rings is 1. The normalized spacial score (nSPS) is 16.5. The highest BCUT2D eigenvalue weighted by molar-refractivity contribution is 7.80. The number of nitrogens with one attached hydrogen (secondary N) is 1. The first kappa shape index (κ1) is 15.7. The number of thiol groups is 1. The Morgan fingerprint density at radius 3 is 2.33 bits per heavy atom. The van der Waals surface area contributed by atoms with Crippen LogP contribution in [0.1, 0.15) is 6.92 Å². The van der Waals surface area contributed by atoms with E-state index in [-0.39, 0.29) is 11.8 Å². The molecule has 1 unspecified atom stereocenters. The lowest BCUT2D eigenvalue weighted by molar-refractivity contribution is -0.135. The maximum Gasteiger partial charge on any atom is 0.246 e. The predicted molar refractivity (Wildman–Crippen MR) is 86.7 cm³/mol. The average Bonchev–Trinajstić information content (AvgIpc) is 2.53. The van der Waals surface area contributed by atoms with E-state index in [1.54, 1.807) is 4.90 Å². The fraction of sp³-hybridized carbons (Fsp3) is 0.467. The highest BCUT2D eigenvalue weighted by Crippen LogP contribution is 2.16. The van der Waals surface area contributed by atoms with Crippen molar-refractivity contribution >= 4 is 30.1 Å². The molecule has 0 bridgehead atoms. The molecule has 0 aliphatic carbocycles. The summed E-state index contributed by atoms with van der Waals surface area (Å²) in [6.45, 7) is 4.34. The lowest BCUT2D eigenvalue weighted by Crippen LogP contribution is -2.55. The third-order valence-corrected chi connectivity index (χ3v) is 3.94. The first-order valence-corrected chi connectivity index (χ1v) is 7.72. The van der Waals surface area contributed by atoms with Crippen LogP contribution in [0.3, 0.4) is 0 Å². The number of amides is 2. The van der Waals surface area contributed by atoms with Gasteiger partial charge in [-0.1, -0.05) is 18.2 Å². The summed E-state index contributed by atoms with van der Waals surface area (Å²) in [5.74, 6) is 0.0651. The summed E-state index contributed by atoms with van der Waals surface area (Å²) in [5.41, 5.74) is 1.18. The van der Waals surface area contributed by atoms with Crippen LogP contribution in [0.2, 0.25) is 0 Å². The fourth-order valence-corrected chi connectivity index (χ4v) is 2.72. The van der Waals surface area contributed by atoms with Gasteiger partial charge in [0.25, 0.3) is 0 Å². The van der Waals surface area contributed by atoms with Crippen molar-refractivity contribution in [2.24, 2.45) is 0 Å². The van der Waals surface area contributed by atoms with Crippen LogP contribution in [-0.2, 0) is 9.59 Å². The highest BCUT2D eigenvalue weighted by atomic mass is 32.1. The number of rotatable bonds is 4. The van der Waals surface area contributed by atoms with E-state index in [0.717, 1.165) is 13.1 Å². The third kappa shape index (κ3) is 4.14. The van der Waals surface area contributed by atoms with E-state index in [2.05, 4.69) is 35.0 Å². The number of hydrogen-bond donors (Lipinski definition) is 2. The standard InChI is InChI=1S/C15H21N3O2S/c1-12(19)16-14(11-21)15(20)18-9-7-17(8-10-18)13-5-3-2-4-6-13/h2-6,14,21H,7-11H2,1H3,(H,16,19).